The summed E-state index contributed by atoms with van der Waals surface area (Å²) in [6, 6.07) is 9.30. The first kappa shape index (κ1) is 23.8. The number of hydrogen-bond acceptors (Lipinski definition) is 5. The van der Waals surface area contributed by atoms with Gasteiger partial charge in [-0.15, -0.1) is 0 Å². The molecule has 0 radical (unpaired) electrons. The van der Waals surface area contributed by atoms with Gasteiger partial charge < -0.3 is 10.2 Å². The minimum Gasteiger partial charge on any atom is -0.339 e. The van der Waals surface area contributed by atoms with Crippen molar-refractivity contribution in [2.45, 2.75) is 17.9 Å². The number of rotatable bonds is 7. The van der Waals surface area contributed by atoms with E-state index in [1.54, 1.807) is 0 Å². The molecule has 3 rings (SSSR count). The van der Waals surface area contributed by atoms with Gasteiger partial charge in [-0.05, 0) is 43.3 Å². The van der Waals surface area contributed by atoms with Crippen LogP contribution in [0.25, 0.3) is 0 Å². The Labute approximate surface area is 185 Å². The van der Waals surface area contributed by atoms with Crippen molar-refractivity contribution < 1.29 is 26.8 Å². The van der Waals surface area contributed by atoms with Crippen molar-refractivity contribution in [2.24, 2.45) is 0 Å². The number of anilines is 1. The number of carbonyl (C=O) groups is 2. The zero-order valence-corrected chi connectivity index (χ0v) is 18.2. The Morgan fingerprint density at radius 1 is 1.00 bits per heavy atom. The quantitative estimate of drug-likeness (QED) is 0.643. The average Bonchev–Trinajstić information content (AvgIpc) is 2.75. The third kappa shape index (κ3) is 6.09. The molecule has 2 N–H and O–H groups in total. The van der Waals surface area contributed by atoms with Crippen molar-refractivity contribution in [1.29, 1.82) is 0 Å². The fraction of sp³-hybridized carbons (Fsp3) is 0.333. The average molecular weight is 467 g/mol. The lowest BCUT2D eigenvalue weighted by Gasteiger charge is -2.35. The number of halogens is 2. The van der Waals surface area contributed by atoms with Crippen molar-refractivity contribution in [3.8, 4) is 0 Å². The number of benzene rings is 2. The van der Waals surface area contributed by atoms with Gasteiger partial charge in [0, 0.05) is 31.9 Å². The largest absolute Gasteiger partial charge is 0.339 e. The number of carbonyl (C=O) groups excluding carboxylic acids is 2. The van der Waals surface area contributed by atoms with Crippen molar-refractivity contribution >= 4 is 27.5 Å². The molecule has 1 saturated heterocycles. The number of amides is 2. The fourth-order valence-electron chi connectivity index (χ4n) is 3.35. The maximum absolute atomic E-state index is 13.8. The summed E-state index contributed by atoms with van der Waals surface area (Å²) in [6.07, 6.45) is 0. The van der Waals surface area contributed by atoms with Crippen LogP contribution in [0.5, 0.6) is 0 Å². The van der Waals surface area contributed by atoms with E-state index in [0.717, 1.165) is 12.1 Å². The maximum atomic E-state index is 13.8. The second-order valence-corrected chi connectivity index (χ2v) is 9.11. The summed E-state index contributed by atoms with van der Waals surface area (Å²) < 4.78 is 53.8. The van der Waals surface area contributed by atoms with Crippen LogP contribution in [0, 0.1) is 11.6 Å². The molecular formula is C21H24F2N4O4S. The normalized spacial score (nSPS) is 15.9. The third-order valence-electron chi connectivity index (χ3n) is 5.01. The van der Waals surface area contributed by atoms with E-state index < -0.39 is 38.5 Å². The van der Waals surface area contributed by atoms with Gasteiger partial charge in [0.15, 0.2) is 0 Å². The van der Waals surface area contributed by atoms with Gasteiger partial charge in [-0.1, -0.05) is 12.1 Å². The lowest BCUT2D eigenvalue weighted by atomic mass is 10.2. The van der Waals surface area contributed by atoms with Crippen LogP contribution in [0.15, 0.2) is 53.4 Å². The van der Waals surface area contributed by atoms with Crippen LogP contribution in [0.1, 0.15) is 6.92 Å². The van der Waals surface area contributed by atoms with Crippen molar-refractivity contribution in [2.75, 3.05) is 38.0 Å². The summed E-state index contributed by atoms with van der Waals surface area (Å²) in [4.78, 5) is 27.7. The molecule has 8 nitrogen and oxygen atoms in total. The molecule has 2 amide bonds. The SMILES string of the molecule is C[C@H](NS(=O)(=O)c1ccccc1F)C(=O)N1CCN(CC(=O)Nc2ccc(F)cc2)CC1. The molecule has 1 aliphatic heterocycles. The highest BCUT2D eigenvalue weighted by Crippen LogP contribution is 2.14. The highest BCUT2D eigenvalue weighted by atomic mass is 32.2. The first-order chi connectivity index (χ1) is 15.2. The van der Waals surface area contributed by atoms with E-state index in [-0.39, 0.29) is 12.5 Å². The molecule has 2 aromatic carbocycles. The lowest BCUT2D eigenvalue weighted by Crippen LogP contribution is -2.55. The van der Waals surface area contributed by atoms with Crippen LogP contribution in [-0.2, 0) is 19.6 Å². The molecule has 0 aromatic heterocycles. The summed E-state index contributed by atoms with van der Waals surface area (Å²) in [5.41, 5.74) is 0.487. The molecular weight excluding hydrogens is 442 g/mol. The molecule has 11 heteroatoms. The molecule has 2 aromatic rings. The van der Waals surface area contributed by atoms with Crippen LogP contribution in [-0.4, -0.2) is 68.8 Å². The summed E-state index contributed by atoms with van der Waals surface area (Å²) in [5, 5.41) is 2.68. The van der Waals surface area contributed by atoms with E-state index in [1.165, 1.54) is 48.2 Å². The monoisotopic (exact) mass is 466 g/mol. The number of hydrogen-bond donors (Lipinski definition) is 2. The van der Waals surface area contributed by atoms with Crippen molar-refractivity contribution in [3.63, 3.8) is 0 Å². The molecule has 1 heterocycles. The molecule has 0 unspecified atom stereocenters. The van der Waals surface area contributed by atoms with Gasteiger partial charge in [0.2, 0.25) is 21.8 Å². The number of nitrogens with one attached hydrogen (secondary N) is 2. The molecule has 1 atom stereocenters. The van der Waals surface area contributed by atoms with E-state index in [4.69, 9.17) is 0 Å². The molecule has 0 saturated carbocycles. The van der Waals surface area contributed by atoms with Crippen molar-refractivity contribution in [1.82, 2.24) is 14.5 Å². The van der Waals surface area contributed by atoms with Crippen LogP contribution in [0.4, 0.5) is 14.5 Å². The van der Waals surface area contributed by atoms with Gasteiger partial charge in [0.1, 0.15) is 16.5 Å². The predicted molar refractivity (Wildman–Crippen MR) is 114 cm³/mol. The summed E-state index contributed by atoms with van der Waals surface area (Å²) in [7, 11) is -4.19. The third-order valence-corrected chi connectivity index (χ3v) is 6.58. The number of piperazine rings is 1. The number of sulfonamides is 1. The Balaban J connectivity index is 1.48. The van der Waals surface area contributed by atoms with E-state index in [9.17, 15) is 26.8 Å². The second kappa shape index (κ2) is 10.2. The molecule has 0 spiro atoms. The topological polar surface area (TPSA) is 98.8 Å². The van der Waals surface area contributed by atoms with Crippen LogP contribution in [0.2, 0.25) is 0 Å². The van der Waals surface area contributed by atoms with Crippen LogP contribution >= 0.6 is 0 Å². The second-order valence-electron chi connectivity index (χ2n) is 7.43. The Hall–Kier alpha value is -2.89. The Kier molecular flexibility index (Phi) is 7.54. The zero-order valence-electron chi connectivity index (χ0n) is 17.4. The smallest absolute Gasteiger partial charge is 0.244 e. The Bertz CT molecular complexity index is 1070. The van der Waals surface area contributed by atoms with E-state index >= 15 is 0 Å². The van der Waals surface area contributed by atoms with Gasteiger partial charge in [-0.2, -0.15) is 4.72 Å². The van der Waals surface area contributed by atoms with Gasteiger partial charge in [-0.25, -0.2) is 17.2 Å². The number of nitrogens with zero attached hydrogens (tertiary/aromatic N) is 2. The van der Waals surface area contributed by atoms with Crippen LogP contribution in [0.3, 0.4) is 0 Å². The lowest BCUT2D eigenvalue weighted by molar-refractivity contribution is -0.134. The van der Waals surface area contributed by atoms with E-state index in [1.807, 2.05) is 4.90 Å². The minimum absolute atomic E-state index is 0.106. The van der Waals surface area contributed by atoms with E-state index in [0.29, 0.717) is 31.9 Å². The van der Waals surface area contributed by atoms with Crippen LogP contribution < -0.4 is 10.0 Å². The first-order valence-corrected chi connectivity index (χ1v) is 11.5. The molecule has 172 valence electrons. The fourth-order valence-corrected chi connectivity index (χ4v) is 4.62. The van der Waals surface area contributed by atoms with E-state index in [2.05, 4.69) is 10.0 Å². The summed E-state index contributed by atoms with van der Waals surface area (Å²) in [5.74, 6) is -1.98. The highest BCUT2D eigenvalue weighted by Gasteiger charge is 2.29. The summed E-state index contributed by atoms with van der Waals surface area (Å²) in [6.45, 7) is 2.99. The standard InChI is InChI=1S/C21H24F2N4O4S/c1-15(25-32(30,31)19-5-3-2-4-18(19)23)21(29)27-12-10-26(11-13-27)14-20(28)24-17-8-6-16(22)7-9-17/h2-9,15,25H,10-14H2,1H3,(H,24,28)/t15-/m0/s1. The van der Waals surface area contributed by atoms with Gasteiger partial charge in [0.25, 0.3) is 0 Å². The van der Waals surface area contributed by atoms with Gasteiger partial charge in [0.05, 0.1) is 12.6 Å². The predicted octanol–water partition coefficient (Wildman–Crippen LogP) is 1.41. The van der Waals surface area contributed by atoms with Gasteiger partial charge in [-0.3, -0.25) is 14.5 Å². The minimum atomic E-state index is -4.19. The Morgan fingerprint density at radius 3 is 2.25 bits per heavy atom. The zero-order chi connectivity index (χ0) is 23.3. The maximum Gasteiger partial charge on any atom is 0.244 e. The molecule has 0 aliphatic carbocycles. The van der Waals surface area contributed by atoms with Crippen molar-refractivity contribution in [3.05, 3.63) is 60.2 Å². The first-order valence-electron chi connectivity index (χ1n) is 9.99. The molecule has 1 fully saturated rings. The highest BCUT2D eigenvalue weighted by molar-refractivity contribution is 7.89. The Morgan fingerprint density at radius 2 is 1.62 bits per heavy atom. The molecule has 0 bridgehead atoms. The molecule has 32 heavy (non-hydrogen) atoms. The summed E-state index contributed by atoms with van der Waals surface area (Å²) >= 11 is 0. The van der Waals surface area contributed by atoms with Gasteiger partial charge >= 0.3 is 0 Å². The molecule has 1 aliphatic rings.